The predicted octanol–water partition coefficient (Wildman–Crippen LogP) is 0.873. The molecule has 2 rings (SSSR count). The summed E-state index contributed by atoms with van der Waals surface area (Å²) < 4.78 is 0. The predicted molar refractivity (Wildman–Crippen MR) is 80.5 cm³/mol. The largest absolute Gasteiger partial charge is 1.00 e. The Balaban J connectivity index is 0.00000180. The molecule has 0 bridgehead atoms. The molecule has 0 aromatic heterocycles. The van der Waals surface area contributed by atoms with E-state index in [9.17, 15) is 4.79 Å². The number of aryl methyl sites for hydroxylation is 3. The van der Waals surface area contributed by atoms with Crippen molar-refractivity contribution in [1.82, 2.24) is 0 Å². The van der Waals surface area contributed by atoms with Crippen molar-refractivity contribution in [3.05, 3.63) is 64.7 Å². The topological polar surface area (TPSA) is 17.1 Å². The van der Waals surface area contributed by atoms with Crippen molar-refractivity contribution >= 4 is 19.4 Å². The van der Waals surface area contributed by atoms with Crippen molar-refractivity contribution in [2.45, 2.75) is 20.8 Å². The van der Waals surface area contributed by atoms with Crippen LogP contribution in [0.3, 0.4) is 0 Å². The van der Waals surface area contributed by atoms with Crippen LogP contribution in [-0.2, 0) is 0 Å². The zero-order valence-electron chi connectivity index (χ0n) is 12.9. The molecule has 0 radical (unpaired) electrons. The van der Waals surface area contributed by atoms with Gasteiger partial charge in [-0.25, -0.2) is 0 Å². The van der Waals surface area contributed by atoms with E-state index in [1.54, 1.807) is 0 Å². The molecule has 0 saturated heterocycles. The monoisotopic (exact) mass is 264 g/mol. The van der Waals surface area contributed by atoms with Gasteiger partial charge in [0.2, 0.25) is 0 Å². The van der Waals surface area contributed by atoms with Gasteiger partial charge in [0.25, 0.3) is 0 Å². The molecule has 2 aromatic carbocycles. The van der Waals surface area contributed by atoms with Crippen molar-refractivity contribution in [1.29, 1.82) is 0 Å². The van der Waals surface area contributed by atoms with Gasteiger partial charge in [0, 0.05) is 5.56 Å². The summed E-state index contributed by atoms with van der Waals surface area (Å²) in [6.45, 7) is 6.06. The van der Waals surface area contributed by atoms with Crippen LogP contribution in [0.25, 0.3) is 0 Å². The van der Waals surface area contributed by atoms with Crippen LogP contribution in [0, 0.1) is 20.8 Å². The molecule has 19 heavy (non-hydrogen) atoms. The number of carbonyl (C=O) groups excluding carboxylic acids is 1. The van der Waals surface area contributed by atoms with E-state index in [0.717, 1.165) is 22.0 Å². The first-order valence-electron chi connectivity index (χ1n) is 6.03. The van der Waals surface area contributed by atoms with Gasteiger partial charge in [0.05, 0.1) is 0 Å². The van der Waals surface area contributed by atoms with Crippen LogP contribution in [0.2, 0.25) is 0 Å². The third-order valence-electron chi connectivity index (χ3n) is 3.10. The van der Waals surface area contributed by atoms with Gasteiger partial charge in [-0.05, 0) is 51.3 Å². The fourth-order valence-electron chi connectivity index (χ4n) is 2.07. The maximum absolute atomic E-state index is 12.4. The number of carbonyl (C=O) groups is 1. The van der Waals surface area contributed by atoms with Crippen LogP contribution in [0.5, 0.6) is 0 Å². The minimum absolute atomic E-state index is 0. The van der Waals surface area contributed by atoms with Gasteiger partial charge >= 0.3 is 18.9 Å². The van der Waals surface area contributed by atoms with E-state index < -0.39 is 0 Å². The molecule has 3 heteroatoms. The first-order chi connectivity index (χ1) is 8.59. The average Bonchev–Trinajstić information content (AvgIpc) is 2.32. The van der Waals surface area contributed by atoms with Crippen LogP contribution >= 0.6 is 8.58 Å². The van der Waals surface area contributed by atoms with Crippen molar-refractivity contribution in [2.24, 2.45) is 0 Å². The van der Waals surface area contributed by atoms with Gasteiger partial charge in [0.15, 0.2) is 5.52 Å². The molecule has 0 aliphatic heterocycles. The summed E-state index contributed by atoms with van der Waals surface area (Å²) in [5.74, 6) is 0. The van der Waals surface area contributed by atoms with Gasteiger partial charge in [-0.3, -0.25) is 4.79 Å². The molecule has 0 heterocycles. The molecular formula is C16H18LiOP. The van der Waals surface area contributed by atoms with Crippen LogP contribution in [0.1, 0.15) is 28.5 Å². The molecule has 0 N–H and O–H groups in total. The third kappa shape index (κ3) is 3.80. The van der Waals surface area contributed by atoms with Gasteiger partial charge in [0.1, 0.15) is 0 Å². The summed E-state index contributed by atoms with van der Waals surface area (Å²) >= 11 is 0. The van der Waals surface area contributed by atoms with Gasteiger partial charge in [-0.15, -0.1) is 0 Å². The molecular weight excluding hydrogens is 246 g/mol. The van der Waals surface area contributed by atoms with E-state index in [0.29, 0.717) is 0 Å². The summed E-state index contributed by atoms with van der Waals surface area (Å²) in [5, 5.41) is 1.14. The molecule has 0 aliphatic carbocycles. The summed E-state index contributed by atoms with van der Waals surface area (Å²) in [6.07, 6.45) is 0. The fraction of sp³-hybridized carbons (Fsp3) is 0.188. The Morgan fingerprint density at radius 2 is 1.42 bits per heavy atom. The molecule has 0 aliphatic rings. The van der Waals surface area contributed by atoms with E-state index in [2.05, 4.69) is 13.0 Å². The van der Waals surface area contributed by atoms with Gasteiger partial charge < -0.3 is 1.43 Å². The van der Waals surface area contributed by atoms with Crippen molar-refractivity contribution in [3.8, 4) is 0 Å². The molecule has 0 saturated carbocycles. The quantitative estimate of drug-likeness (QED) is 0.594. The van der Waals surface area contributed by atoms with Crippen molar-refractivity contribution in [2.75, 3.05) is 0 Å². The summed E-state index contributed by atoms with van der Waals surface area (Å²) in [4.78, 5) is 12.4. The minimum atomic E-state index is 0. The maximum atomic E-state index is 12.4. The number of benzene rings is 2. The summed E-state index contributed by atoms with van der Waals surface area (Å²) in [7, 11) is 0.208. The molecule has 0 spiro atoms. The SMILES string of the molecule is Cc1ccccc1PC(=O)c1c(C)cccc1C.[H-].[Li+]. The molecule has 1 atom stereocenters. The summed E-state index contributed by atoms with van der Waals surface area (Å²) in [5.41, 5.74) is 4.46. The second kappa shape index (κ2) is 7.06. The van der Waals surface area contributed by atoms with Crippen molar-refractivity contribution in [3.63, 3.8) is 0 Å². The number of hydrogen-bond donors (Lipinski definition) is 0. The Hall–Kier alpha value is -0.863. The molecule has 1 nitrogen and oxygen atoms in total. The van der Waals surface area contributed by atoms with E-state index in [4.69, 9.17) is 0 Å². The normalized spacial score (nSPS) is 10.5. The van der Waals surface area contributed by atoms with Crippen LogP contribution in [-0.4, -0.2) is 5.52 Å². The average molecular weight is 264 g/mol. The second-order valence-electron chi connectivity index (χ2n) is 4.54. The number of rotatable bonds is 3. The minimum Gasteiger partial charge on any atom is -1.00 e. The maximum Gasteiger partial charge on any atom is 1.00 e. The Kier molecular flexibility index (Phi) is 6.02. The van der Waals surface area contributed by atoms with Gasteiger partial charge in [-0.2, -0.15) is 0 Å². The molecule has 1 unspecified atom stereocenters. The standard InChI is InChI=1S/C16H17OP.Li.H/c1-11-7-4-5-10-14(11)18-16(17)15-12(2)8-6-9-13(15)3;;/h4-10,18H,1-3H3;;/q;+1;-1. The molecule has 0 amide bonds. The Morgan fingerprint density at radius 3 is 2.00 bits per heavy atom. The fourth-order valence-corrected chi connectivity index (χ4v) is 3.29. The van der Waals surface area contributed by atoms with Crippen molar-refractivity contribution < 1.29 is 25.1 Å². The van der Waals surface area contributed by atoms with E-state index in [1.807, 2.05) is 50.2 Å². The van der Waals surface area contributed by atoms with Crippen LogP contribution in [0.4, 0.5) is 0 Å². The zero-order valence-corrected chi connectivity index (χ0v) is 12.9. The Labute approximate surface area is 130 Å². The summed E-state index contributed by atoms with van der Waals surface area (Å²) in [6, 6.07) is 14.1. The molecule has 94 valence electrons. The number of hydrogen-bond acceptors (Lipinski definition) is 1. The van der Waals surface area contributed by atoms with E-state index in [-0.39, 0.29) is 34.4 Å². The Morgan fingerprint density at radius 1 is 0.895 bits per heavy atom. The molecule has 0 fully saturated rings. The van der Waals surface area contributed by atoms with Gasteiger partial charge in [-0.1, -0.05) is 42.5 Å². The first-order valence-corrected chi connectivity index (χ1v) is 7.03. The third-order valence-corrected chi connectivity index (χ3v) is 4.41. The Bertz CT molecular complexity index is 579. The van der Waals surface area contributed by atoms with E-state index >= 15 is 0 Å². The molecule has 2 aromatic rings. The zero-order chi connectivity index (χ0) is 13.1. The van der Waals surface area contributed by atoms with E-state index in [1.165, 1.54) is 5.56 Å². The van der Waals surface area contributed by atoms with Crippen LogP contribution in [0.15, 0.2) is 42.5 Å². The van der Waals surface area contributed by atoms with Crippen LogP contribution < -0.4 is 24.2 Å². The smallest absolute Gasteiger partial charge is 1.00 e. The second-order valence-corrected chi connectivity index (χ2v) is 5.78. The first kappa shape index (κ1) is 16.2.